The van der Waals surface area contributed by atoms with E-state index in [0.29, 0.717) is 44.6 Å². The normalized spacial score (nSPS) is 21.1. The molecule has 6 heteroatoms. The first-order chi connectivity index (χ1) is 12.0. The van der Waals surface area contributed by atoms with Crippen LogP contribution in [0.2, 0.25) is 0 Å². The Hall–Kier alpha value is -2.24. The van der Waals surface area contributed by atoms with E-state index < -0.39 is 0 Å². The van der Waals surface area contributed by atoms with Crippen LogP contribution in [0.25, 0.3) is 0 Å². The average molecular weight is 344 g/mol. The lowest BCUT2D eigenvalue weighted by atomic mass is 9.89. The predicted molar refractivity (Wildman–Crippen MR) is 97.3 cm³/mol. The van der Waals surface area contributed by atoms with Crippen molar-refractivity contribution in [1.82, 2.24) is 20.4 Å². The van der Waals surface area contributed by atoms with Gasteiger partial charge in [0.1, 0.15) is 0 Å². The van der Waals surface area contributed by atoms with Crippen molar-refractivity contribution < 1.29 is 9.59 Å². The zero-order valence-electron chi connectivity index (χ0n) is 15.1. The molecule has 25 heavy (non-hydrogen) atoms. The standard InChI is InChI=1S/C19H28N4O2/c1-14(2)16(10-15-6-4-3-5-7-15)11-20-18(24)22-8-9-23-17(13-22)12-21-19(23)25/h3-7,14,16-17H,8-13H2,1-2H3,(H,20,24)(H,21,25)/t16-,17-/m1/s1. The number of benzene rings is 1. The first-order valence-electron chi connectivity index (χ1n) is 9.15. The Balaban J connectivity index is 1.51. The molecule has 136 valence electrons. The van der Waals surface area contributed by atoms with Crippen LogP contribution in [-0.4, -0.2) is 60.6 Å². The molecule has 2 heterocycles. The van der Waals surface area contributed by atoms with Gasteiger partial charge in [0.25, 0.3) is 0 Å². The Morgan fingerprint density at radius 1 is 1.28 bits per heavy atom. The smallest absolute Gasteiger partial charge is 0.317 e. The quantitative estimate of drug-likeness (QED) is 0.857. The van der Waals surface area contributed by atoms with Gasteiger partial charge < -0.3 is 20.4 Å². The van der Waals surface area contributed by atoms with Crippen LogP contribution >= 0.6 is 0 Å². The lowest BCUT2D eigenvalue weighted by Gasteiger charge is -2.36. The van der Waals surface area contributed by atoms with Gasteiger partial charge in [0.15, 0.2) is 0 Å². The molecule has 0 spiro atoms. The SMILES string of the molecule is CC(C)[C@@H](CNC(=O)N1CCN2C(=O)NC[C@@H]2C1)Cc1ccccc1. The number of nitrogens with zero attached hydrogens (tertiary/aromatic N) is 2. The van der Waals surface area contributed by atoms with Crippen LogP contribution in [0.1, 0.15) is 19.4 Å². The maximum atomic E-state index is 12.5. The second-order valence-corrected chi connectivity index (χ2v) is 7.36. The Morgan fingerprint density at radius 3 is 2.76 bits per heavy atom. The molecular formula is C19H28N4O2. The molecule has 3 rings (SSSR count). The summed E-state index contributed by atoms with van der Waals surface area (Å²) < 4.78 is 0. The van der Waals surface area contributed by atoms with Gasteiger partial charge in [-0.15, -0.1) is 0 Å². The number of hydrogen-bond donors (Lipinski definition) is 2. The zero-order valence-corrected chi connectivity index (χ0v) is 15.1. The second-order valence-electron chi connectivity index (χ2n) is 7.36. The van der Waals surface area contributed by atoms with Crippen molar-refractivity contribution in [1.29, 1.82) is 0 Å². The van der Waals surface area contributed by atoms with Crippen molar-refractivity contribution in [2.24, 2.45) is 11.8 Å². The summed E-state index contributed by atoms with van der Waals surface area (Å²) in [4.78, 5) is 27.8. The third kappa shape index (κ3) is 4.24. The van der Waals surface area contributed by atoms with Crippen molar-refractivity contribution in [2.45, 2.75) is 26.3 Å². The molecule has 2 aliphatic rings. The second kappa shape index (κ2) is 7.76. The number of piperazine rings is 1. The van der Waals surface area contributed by atoms with Gasteiger partial charge in [0.2, 0.25) is 0 Å². The summed E-state index contributed by atoms with van der Waals surface area (Å²) in [6.07, 6.45) is 0.966. The number of nitrogens with one attached hydrogen (secondary N) is 2. The number of carbonyl (C=O) groups excluding carboxylic acids is 2. The van der Waals surface area contributed by atoms with E-state index in [-0.39, 0.29) is 18.1 Å². The highest BCUT2D eigenvalue weighted by Crippen LogP contribution is 2.18. The molecular weight excluding hydrogens is 316 g/mol. The maximum absolute atomic E-state index is 12.5. The Kier molecular flexibility index (Phi) is 5.46. The summed E-state index contributed by atoms with van der Waals surface area (Å²) in [6.45, 7) is 7.53. The fourth-order valence-electron chi connectivity index (χ4n) is 3.58. The van der Waals surface area contributed by atoms with Crippen LogP contribution in [0.15, 0.2) is 30.3 Å². The molecule has 2 atom stereocenters. The van der Waals surface area contributed by atoms with Crippen molar-refractivity contribution >= 4 is 12.1 Å². The van der Waals surface area contributed by atoms with Crippen LogP contribution in [-0.2, 0) is 6.42 Å². The predicted octanol–water partition coefficient (Wildman–Crippen LogP) is 1.92. The monoisotopic (exact) mass is 344 g/mol. The van der Waals surface area contributed by atoms with Gasteiger partial charge in [-0.3, -0.25) is 0 Å². The molecule has 0 unspecified atom stereocenters. The van der Waals surface area contributed by atoms with Crippen molar-refractivity contribution in [3.63, 3.8) is 0 Å². The van der Waals surface area contributed by atoms with E-state index in [9.17, 15) is 9.59 Å². The summed E-state index contributed by atoms with van der Waals surface area (Å²) in [5, 5.41) is 5.95. The molecule has 6 nitrogen and oxygen atoms in total. The van der Waals surface area contributed by atoms with Crippen molar-refractivity contribution in [2.75, 3.05) is 32.7 Å². The van der Waals surface area contributed by atoms with E-state index in [1.54, 1.807) is 0 Å². The molecule has 2 fully saturated rings. The number of amides is 4. The van der Waals surface area contributed by atoms with Crippen LogP contribution in [0.5, 0.6) is 0 Å². The molecule has 2 saturated heterocycles. The van der Waals surface area contributed by atoms with Gasteiger partial charge in [-0.1, -0.05) is 44.2 Å². The van der Waals surface area contributed by atoms with Crippen LogP contribution in [0, 0.1) is 11.8 Å². The minimum Gasteiger partial charge on any atom is -0.338 e. The van der Waals surface area contributed by atoms with E-state index >= 15 is 0 Å². The first kappa shape index (κ1) is 17.6. The summed E-state index contributed by atoms with van der Waals surface area (Å²) >= 11 is 0. The van der Waals surface area contributed by atoms with E-state index in [4.69, 9.17) is 0 Å². The third-order valence-electron chi connectivity index (χ3n) is 5.32. The van der Waals surface area contributed by atoms with Gasteiger partial charge in [0.05, 0.1) is 6.04 Å². The minimum absolute atomic E-state index is 0.00667. The number of urea groups is 2. The maximum Gasteiger partial charge on any atom is 0.317 e. The first-order valence-corrected chi connectivity index (χ1v) is 9.15. The van der Waals surface area contributed by atoms with Crippen molar-refractivity contribution in [3.05, 3.63) is 35.9 Å². The lowest BCUT2D eigenvalue weighted by Crippen LogP contribution is -2.56. The molecule has 2 aliphatic heterocycles. The molecule has 0 radical (unpaired) electrons. The highest BCUT2D eigenvalue weighted by Gasteiger charge is 2.36. The molecule has 0 aliphatic carbocycles. The number of hydrogen-bond acceptors (Lipinski definition) is 2. The molecule has 0 aromatic heterocycles. The minimum atomic E-state index is -0.0160. The lowest BCUT2D eigenvalue weighted by molar-refractivity contribution is 0.128. The van der Waals surface area contributed by atoms with E-state index in [2.05, 4.69) is 48.7 Å². The molecule has 1 aromatic carbocycles. The molecule has 4 amide bonds. The van der Waals surface area contributed by atoms with Gasteiger partial charge in [0, 0.05) is 32.7 Å². The van der Waals surface area contributed by atoms with E-state index in [1.165, 1.54) is 5.56 Å². The van der Waals surface area contributed by atoms with E-state index in [1.807, 2.05) is 15.9 Å². The molecule has 0 saturated carbocycles. The summed E-state index contributed by atoms with van der Waals surface area (Å²) in [5.74, 6) is 0.899. The Labute approximate surface area is 149 Å². The van der Waals surface area contributed by atoms with Crippen LogP contribution in [0.4, 0.5) is 9.59 Å². The average Bonchev–Trinajstić information content (AvgIpc) is 2.99. The fourth-order valence-corrected chi connectivity index (χ4v) is 3.58. The number of carbonyl (C=O) groups is 2. The highest BCUT2D eigenvalue weighted by atomic mass is 16.2. The zero-order chi connectivity index (χ0) is 17.8. The van der Waals surface area contributed by atoms with Gasteiger partial charge in [-0.2, -0.15) is 0 Å². The topological polar surface area (TPSA) is 64.7 Å². The van der Waals surface area contributed by atoms with Gasteiger partial charge in [-0.05, 0) is 23.8 Å². The van der Waals surface area contributed by atoms with Gasteiger partial charge >= 0.3 is 12.1 Å². The number of rotatable bonds is 5. The molecule has 1 aromatic rings. The van der Waals surface area contributed by atoms with Gasteiger partial charge in [-0.25, -0.2) is 9.59 Å². The van der Waals surface area contributed by atoms with Crippen molar-refractivity contribution in [3.8, 4) is 0 Å². The summed E-state index contributed by atoms with van der Waals surface area (Å²) in [5.41, 5.74) is 1.31. The fraction of sp³-hybridized carbons (Fsp3) is 0.579. The molecule has 2 N–H and O–H groups in total. The Morgan fingerprint density at radius 2 is 2.04 bits per heavy atom. The Bertz CT molecular complexity index is 605. The van der Waals surface area contributed by atoms with Crippen LogP contribution < -0.4 is 10.6 Å². The third-order valence-corrected chi connectivity index (χ3v) is 5.32. The number of fused-ring (bicyclic) bond motifs is 1. The largest absolute Gasteiger partial charge is 0.338 e. The van der Waals surface area contributed by atoms with Crippen LogP contribution in [0.3, 0.4) is 0 Å². The summed E-state index contributed by atoms with van der Waals surface area (Å²) in [7, 11) is 0. The summed E-state index contributed by atoms with van der Waals surface area (Å²) in [6, 6.07) is 10.5. The van der Waals surface area contributed by atoms with E-state index in [0.717, 1.165) is 6.42 Å². The molecule has 0 bridgehead atoms. The highest BCUT2D eigenvalue weighted by molar-refractivity contribution is 5.78.